The van der Waals surface area contributed by atoms with Crippen molar-refractivity contribution in [3.05, 3.63) is 89.7 Å². The zero-order valence-electron chi connectivity index (χ0n) is 19.0. The van der Waals surface area contributed by atoms with Crippen LogP contribution in [0.4, 0.5) is 28.0 Å². The zero-order valence-corrected chi connectivity index (χ0v) is 19.8. The first-order chi connectivity index (χ1) is 17.0. The van der Waals surface area contributed by atoms with Crippen molar-refractivity contribution in [3.63, 3.8) is 0 Å². The molecule has 7 nitrogen and oxygen atoms in total. The molecular weight excluding hydrogens is 504 g/mol. The summed E-state index contributed by atoms with van der Waals surface area (Å²) >= 11 is 0. The third-order valence-electron chi connectivity index (χ3n) is 4.93. The van der Waals surface area contributed by atoms with Crippen LogP contribution in [0.5, 0.6) is 5.75 Å². The Morgan fingerprint density at radius 1 is 0.972 bits per heavy atom. The second-order valence-corrected chi connectivity index (χ2v) is 9.07. The molecule has 192 valence electrons. The number of nitrogens with zero attached hydrogens (tertiary/aromatic N) is 1. The van der Waals surface area contributed by atoms with Crippen molar-refractivity contribution in [2.75, 3.05) is 25.6 Å². The second kappa shape index (κ2) is 11.4. The normalized spacial score (nSPS) is 11.7. The Morgan fingerprint density at radius 2 is 1.61 bits per heavy atom. The fraction of sp³-hybridized carbons (Fsp3) is 0.208. The molecule has 1 N–H and O–H groups in total. The molecule has 3 aromatic carbocycles. The molecule has 0 bridgehead atoms. The van der Waals surface area contributed by atoms with Crippen LogP contribution < -0.4 is 9.50 Å². The summed E-state index contributed by atoms with van der Waals surface area (Å²) in [4.78, 5) is 13.8. The summed E-state index contributed by atoms with van der Waals surface area (Å²) in [5, 5.41) is 2.29. The third kappa shape index (κ3) is 7.18. The molecule has 3 rings (SSSR count). The summed E-state index contributed by atoms with van der Waals surface area (Å²) in [6.07, 6.45) is -4.65. The number of methoxy groups -OCH3 is 1. The minimum absolute atomic E-state index is 0.00559. The third-order valence-corrected chi connectivity index (χ3v) is 6.19. The molecule has 3 aromatic rings. The van der Waals surface area contributed by atoms with Gasteiger partial charge >= 0.3 is 22.3 Å². The van der Waals surface area contributed by atoms with Crippen LogP contribution in [-0.2, 0) is 27.6 Å². The minimum atomic E-state index is -4.65. The summed E-state index contributed by atoms with van der Waals surface area (Å²) in [5.74, 6) is -0.614. The highest BCUT2D eigenvalue weighted by Crippen LogP contribution is 2.34. The van der Waals surface area contributed by atoms with Crippen molar-refractivity contribution in [2.24, 2.45) is 0 Å². The fourth-order valence-electron chi connectivity index (χ4n) is 3.13. The molecule has 0 saturated carbocycles. The molecule has 12 heteroatoms. The van der Waals surface area contributed by atoms with E-state index in [0.29, 0.717) is 5.56 Å². The van der Waals surface area contributed by atoms with E-state index in [4.69, 9.17) is 8.92 Å². The van der Waals surface area contributed by atoms with Crippen LogP contribution in [0.1, 0.15) is 11.1 Å². The average molecular weight is 527 g/mol. The van der Waals surface area contributed by atoms with Gasteiger partial charge in [-0.15, -0.1) is 0 Å². The Hall–Kier alpha value is -3.64. The predicted octanol–water partition coefficient (Wildman–Crippen LogP) is 5.29. The van der Waals surface area contributed by atoms with Gasteiger partial charge in [-0.25, -0.2) is 9.18 Å². The van der Waals surface area contributed by atoms with E-state index in [9.17, 15) is 30.8 Å². The van der Waals surface area contributed by atoms with Gasteiger partial charge in [0.25, 0.3) is 0 Å². The van der Waals surface area contributed by atoms with Crippen molar-refractivity contribution in [2.45, 2.75) is 17.6 Å². The Morgan fingerprint density at radius 3 is 2.22 bits per heavy atom. The first-order valence-corrected chi connectivity index (χ1v) is 11.9. The number of amides is 2. The quantitative estimate of drug-likeness (QED) is 0.303. The number of para-hydroxylation sites is 1. The lowest BCUT2D eigenvalue weighted by Gasteiger charge is -2.24. The van der Waals surface area contributed by atoms with Gasteiger partial charge in [0.15, 0.2) is 0 Å². The summed E-state index contributed by atoms with van der Waals surface area (Å²) in [5.41, 5.74) is -0.807. The standard InChI is InChI=1S/C24H22F4N2O5S/c1-34-15-14-30(23(31)29-22-5-3-2-4-21(22)24(26,27)28)16-17-6-10-19(11-7-17)35-36(32,33)20-12-8-18(25)9-13-20/h2-13H,14-16H2,1H3,(H,29,31). The highest BCUT2D eigenvalue weighted by molar-refractivity contribution is 7.87. The molecule has 0 atom stereocenters. The highest BCUT2D eigenvalue weighted by atomic mass is 32.2. The number of nitrogens with one attached hydrogen (secondary N) is 1. The maximum absolute atomic E-state index is 13.3. The van der Waals surface area contributed by atoms with Crippen LogP contribution in [0, 0.1) is 5.82 Å². The van der Waals surface area contributed by atoms with Gasteiger partial charge < -0.3 is 19.1 Å². The molecule has 0 aliphatic heterocycles. The molecule has 0 fully saturated rings. The number of rotatable bonds is 9. The molecule has 0 unspecified atom stereocenters. The van der Waals surface area contributed by atoms with Crippen LogP contribution in [0.25, 0.3) is 0 Å². The number of hydrogen-bond acceptors (Lipinski definition) is 5. The number of benzene rings is 3. The maximum atomic E-state index is 13.3. The topological polar surface area (TPSA) is 84.9 Å². The SMILES string of the molecule is COCCN(Cc1ccc(OS(=O)(=O)c2ccc(F)cc2)cc1)C(=O)Nc1ccccc1C(F)(F)F. The Bertz CT molecular complexity index is 1280. The van der Waals surface area contributed by atoms with E-state index in [1.54, 1.807) is 0 Å². The average Bonchev–Trinajstić information content (AvgIpc) is 2.82. The van der Waals surface area contributed by atoms with Gasteiger partial charge in [0.2, 0.25) is 0 Å². The van der Waals surface area contributed by atoms with Crippen LogP contribution in [0.3, 0.4) is 0 Å². The van der Waals surface area contributed by atoms with Gasteiger partial charge in [-0.3, -0.25) is 0 Å². The smallest absolute Gasteiger partial charge is 0.383 e. The zero-order chi connectivity index (χ0) is 26.3. The highest BCUT2D eigenvalue weighted by Gasteiger charge is 2.34. The van der Waals surface area contributed by atoms with Crippen LogP contribution in [0.2, 0.25) is 0 Å². The molecule has 0 aliphatic carbocycles. The van der Waals surface area contributed by atoms with Gasteiger partial charge in [-0.2, -0.15) is 21.6 Å². The molecule has 2 amide bonds. The van der Waals surface area contributed by atoms with Gasteiger partial charge in [0.1, 0.15) is 16.5 Å². The number of urea groups is 1. The summed E-state index contributed by atoms with van der Waals surface area (Å²) in [6.45, 7) is 0.202. The Kier molecular flexibility index (Phi) is 8.53. The van der Waals surface area contributed by atoms with Crippen molar-refractivity contribution in [1.82, 2.24) is 4.90 Å². The fourth-order valence-corrected chi connectivity index (χ4v) is 4.06. The summed E-state index contributed by atoms with van der Waals surface area (Å²) < 4.78 is 87.6. The Balaban J connectivity index is 1.72. The lowest BCUT2D eigenvalue weighted by atomic mass is 10.1. The molecule has 0 radical (unpaired) electrons. The molecule has 0 saturated heterocycles. The summed E-state index contributed by atoms with van der Waals surface area (Å²) in [7, 11) is -2.77. The number of carbonyl (C=O) groups is 1. The number of hydrogen-bond donors (Lipinski definition) is 1. The van der Waals surface area contributed by atoms with E-state index in [1.807, 2.05) is 0 Å². The Labute approximate surface area is 205 Å². The van der Waals surface area contributed by atoms with Crippen LogP contribution >= 0.6 is 0 Å². The minimum Gasteiger partial charge on any atom is -0.383 e. The molecule has 0 aliphatic rings. The predicted molar refractivity (Wildman–Crippen MR) is 123 cm³/mol. The van der Waals surface area contributed by atoms with E-state index in [1.165, 1.54) is 48.4 Å². The van der Waals surface area contributed by atoms with Gasteiger partial charge in [-0.1, -0.05) is 24.3 Å². The largest absolute Gasteiger partial charge is 0.418 e. The van der Waals surface area contributed by atoms with Gasteiger partial charge in [0, 0.05) is 20.2 Å². The summed E-state index contributed by atoms with van der Waals surface area (Å²) in [6, 6.07) is 13.7. The van der Waals surface area contributed by atoms with Gasteiger partial charge in [0.05, 0.1) is 17.9 Å². The van der Waals surface area contributed by atoms with Crippen LogP contribution in [-0.4, -0.2) is 39.6 Å². The van der Waals surface area contributed by atoms with E-state index in [0.717, 1.165) is 36.4 Å². The van der Waals surface area contributed by atoms with E-state index >= 15 is 0 Å². The van der Waals surface area contributed by atoms with Crippen molar-refractivity contribution in [3.8, 4) is 5.75 Å². The second-order valence-electron chi connectivity index (χ2n) is 7.52. The van der Waals surface area contributed by atoms with Crippen molar-refractivity contribution < 1.29 is 39.7 Å². The first-order valence-electron chi connectivity index (χ1n) is 10.5. The van der Waals surface area contributed by atoms with E-state index in [-0.39, 0.29) is 36.0 Å². The first kappa shape index (κ1) is 27.0. The van der Waals surface area contributed by atoms with Gasteiger partial charge in [-0.05, 0) is 54.1 Å². The van der Waals surface area contributed by atoms with Crippen molar-refractivity contribution in [1.29, 1.82) is 0 Å². The van der Waals surface area contributed by atoms with Crippen LogP contribution in [0.15, 0.2) is 77.7 Å². The lowest BCUT2D eigenvalue weighted by Crippen LogP contribution is -2.37. The maximum Gasteiger partial charge on any atom is 0.418 e. The molecule has 36 heavy (non-hydrogen) atoms. The van der Waals surface area contributed by atoms with Crippen molar-refractivity contribution >= 4 is 21.8 Å². The number of halogens is 4. The molecule has 0 spiro atoms. The number of carbonyl (C=O) groups excluding carboxylic acids is 1. The number of ether oxygens (including phenoxy) is 1. The molecule has 0 aromatic heterocycles. The number of alkyl halides is 3. The number of anilines is 1. The lowest BCUT2D eigenvalue weighted by molar-refractivity contribution is -0.136. The molecule has 0 heterocycles. The van der Waals surface area contributed by atoms with E-state index < -0.39 is 33.7 Å². The molecular formula is C24H22F4N2O5S. The monoisotopic (exact) mass is 526 g/mol. The van der Waals surface area contributed by atoms with E-state index in [2.05, 4.69) is 5.32 Å².